The molecule has 2 saturated carbocycles. The van der Waals surface area contributed by atoms with Gasteiger partial charge in [0.2, 0.25) is 0 Å². The number of ether oxygens (including phenoxy) is 2. The molecule has 0 spiro atoms. The Morgan fingerprint density at radius 2 is 1.19 bits per heavy atom. The number of aromatic hydroxyl groups is 2. The molecule has 0 atom stereocenters. The number of Topliss-reactive ketones (excluding diaryl/α,β-unsaturated/α-hetero) is 1. The zero-order valence-corrected chi connectivity index (χ0v) is 14.9. The topological polar surface area (TPSA) is 76.0 Å². The predicted octanol–water partition coefficient (Wildman–Crippen LogP) is 3.45. The molecule has 2 N–H and O–H groups in total. The Kier molecular flexibility index (Phi) is 3.65. The molecule has 0 amide bonds. The van der Waals surface area contributed by atoms with Crippen LogP contribution in [0.25, 0.3) is 0 Å². The Morgan fingerprint density at radius 1 is 0.808 bits per heavy atom. The zero-order valence-electron chi connectivity index (χ0n) is 14.9. The molecule has 0 heterocycles. The Balaban J connectivity index is 1.76. The van der Waals surface area contributed by atoms with E-state index in [0.717, 1.165) is 0 Å². The van der Waals surface area contributed by atoms with E-state index in [2.05, 4.69) is 0 Å². The number of phenolic OH excluding ortho intramolecular Hbond substituents is 2. The molecule has 2 fully saturated rings. The molecule has 0 aliphatic heterocycles. The predicted molar refractivity (Wildman–Crippen MR) is 96.1 cm³/mol. The molecule has 0 unspecified atom stereocenters. The summed E-state index contributed by atoms with van der Waals surface area (Å²) in [5.41, 5.74) is -0.166. The zero-order chi connectivity index (χ0) is 18.5. The van der Waals surface area contributed by atoms with Crippen LogP contribution in [0.5, 0.6) is 23.0 Å². The van der Waals surface area contributed by atoms with Crippen LogP contribution in [0.15, 0.2) is 36.4 Å². The van der Waals surface area contributed by atoms with Crippen LogP contribution in [0, 0.1) is 0 Å². The summed E-state index contributed by atoms with van der Waals surface area (Å²) in [4.78, 5) is 13.6. The van der Waals surface area contributed by atoms with Crippen LogP contribution in [-0.2, 0) is 15.6 Å². The van der Waals surface area contributed by atoms with E-state index in [0.29, 0.717) is 48.3 Å². The maximum Gasteiger partial charge on any atom is 0.154 e. The summed E-state index contributed by atoms with van der Waals surface area (Å²) in [5, 5.41) is 20.7. The van der Waals surface area contributed by atoms with Gasteiger partial charge in [-0.1, -0.05) is 0 Å². The van der Waals surface area contributed by atoms with Gasteiger partial charge in [-0.2, -0.15) is 0 Å². The van der Waals surface area contributed by atoms with Gasteiger partial charge >= 0.3 is 0 Å². The lowest BCUT2D eigenvalue weighted by Gasteiger charge is -2.24. The first-order valence-electron chi connectivity index (χ1n) is 8.77. The van der Waals surface area contributed by atoms with Crippen molar-refractivity contribution in [2.24, 2.45) is 0 Å². The van der Waals surface area contributed by atoms with Gasteiger partial charge in [0, 0.05) is 11.1 Å². The van der Waals surface area contributed by atoms with Crippen molar-refractivity contribution in [1.29, 1.82) is 0 Å². The number of rotatable bonds is 6. The maximum absolute atomic E-state index is 13.6. The molecule has 4 rings (SSSR count). The number of hydrogen-bond donors (Lipinski definition) is 2. The minimum absolute atomic E-state index is 0.0668. The van der Waals surface area contributed by atoms with E-state index in [9.17, 15) is 15.0 Å². The monoisotopic (exact) mass is 354 g/mol. The molecule has 2 aromatic carbocycles. The lowest BCUT2D eigenvalue weighted by atomic mass is 9.78. The van der Waals surface area contributed by atoms with Crippen molar-refractivity contribution >= 4 is 5.78 Å². The minimum atomic E-state index is -0.704. The highest BCUT2D eigenvalue weighted by atomic mass is 16.5. The van der Waals surface area contributed by atoms with E-state index in [4.69, 9.17) is 9.47 Å². The third-order valence-corrected chi connectivity index (χ3v) is 5.81. The molecule has 2 aliphatic rings. The second-order valence-corrected chi connectivity index (χ2v) is 7.26. The van der Waals surface area contributed by atoms with Crippen molar-refractivity contribution < 1.29 is 24.5 Å². The number of phenols is 2. The van der Waals surface area contributed by atoms with Crippen LogP contribution in [0.3, 0.4) is 0 Å². The summed E-state index contributed by atoms with van der Waals surface area (Å²) < 4.78 is 10.5. The van der Waals surface area contributed by atoms with Gasteiger partial charge < -0.3 is 19.7 Å². The van der Waals surface area contributed by atoms with Gasteiger partial charge in [-0.3, -0.25) is 4.79 Å². The normalized spacial score (nSPS) is 18.8. The van der Waals surface area contributed by atoms with Crippen LogP contribution >= 0.6 is 0 Å². The first kappa shape index (κ1) is 16.8. The van der Waals surface area contributed by atoms with Crippen molar-refractivity contribution in [3.8, 4) is 23.0 Å². The van der Waals surface area contributed by atoms with Crippen molar-refractivity contribution in [2.75, 3.05) is 14.2 Å². The summed E-state index contributed by atoms with van der Waals surface area (Å²) >= 11 is 0. The van der Waals surface area contributed by atoms with Crippen LogP contribution in [0.2, 0.25) is 0 Å². The average molecular weight is 354 g/mol. The summed E-state index contributed by atoms with van der Waals surface area (Å²) in [7, 11) is 3.13. The summed E-state index contributed by atoms with van der Waals surface area (Å²) in [6, 6.07) is 10.0. The summed E-state index contributed by atoms with van der Waals surface area (Å²) in [6.07, 6.45) is 2.77. The molecule has 0 aromatic heterocycles. The maximum atomic E-state index is 13.6. The molecular formula is C21H22O5. The summed E-state index contributed by atoms with van der Waals surface area (Å²) in [5.74, 6) is 1.53. The first-order chi connectivity index (χ1) is 12.5. The van der Waals surface area contributed by atoms with Gasteiger partial charge in [0.15, 0.2) is 5.78 Å². The van der Waals surface area contributed by atoms with Gasteiger partial charge in [0.05, 0.1) is 25.0 Å². The fourth-order valence-electron chi connectivity index (χ4n) is 4.00. The lowest BCUT2D eigenvalue weighted by Crippen LogP contribution is -2.32. The number of hydrogen-bond acceptors (Lipinski definition) is 5. The van der Waals surface area contributed by atoms with Crippen molar-refractivity contribution in [3.63, 3.8) is 0 Å². The lowest BCUT2D eigenvalue weighted by molar-refractivity contribution is -0.124. The van der Waals surface area contributed by atoms with E-state index in [1.54, 1.807) is 50.6 Å². The Labute approximate surface area is 152 Å². The number of benzene rings is 2. The van der Waals surface area contributed by atoms with E-state index >= 15 is 0 Å². The van der Waals surface area contributed by atoms with E-state index in [-0.39, 0.29) is 17.3 Å². The first-order valence-corrected chi connectivity index (χ1v) is 8.77. The van der Waals surface area contributed by atoms with Gasteiger partial charge in [-0.05, 0) is 62.1 Å². The number of carbonyl (C=O) groups is 1. The van der Waals surface area contributed by atoms with E-state index in [1.165, 1.54) is 0 Å². The second-order valence-electron chi connectivity index (χ2n) is 7.26. The van der Waals surface area contributed by atoms with Crippen molar-refractivity contribution in [1.82, 2.24) is 0 Å². The quantitative estimate of drug-likeness (QED) is 0.831. The SMILES string of the molecule is COc1ccc(O)c(C2(C(=O)C3(c4cc(OC)ccc4O)CC3)CC2)c1. The van der Waals surface area contributed by atoms with Gasteiger partial charge in [-0.15, -0.1) is 0 Å². The number of carbonyl (C=O) groups excluding carboxylic acids is 1. The fraction of sp³-hybridized carbons (Fsp3) is 0.381. The Hall–Kier alpha value is -2.69. The molecule has 2 aromatic rings. The molecule has 5 nitrogen and oxygen atoms in total. The largest absolute Gasteiger partial charge is 0.508 e. The van der Waals surface area contributed by atoms with Crippen LogP contribution < -0.4 is 9.47 Å². The van der Waals surface area contributed by atoms with Crippen LogP contribution in [-0.4, -0.2) is 30.2 Å². The Morgan fingerprint density at radius 3 is 1.50 bits per heavy atom. The Bertz CT molecular complexity index is 806. The highest BCUT2D eigenvalue weighted by molar-refractivity contribution is 6.04. The number of ketones is 1. The van der Waals surface area contributed by atoms with Crippen molar-refractivity contribution in [2.45, 2.75) is 36.5 Å². The molecule has 0 radical (unpaired) electrons. The van der Waals surface area contributed by atoms with Gasteiger partial charge in [0.1, 0.15) is 23.0 Å². The van der Waals surface area contributed by atoms with Crippen LogP contribution in [0.1, 0.15) is 36.8 Å². The van der Waals surface area contributed by atoms with E-state index in [1.807, 2.05) is 0 Å². The molecule has 5 heteroatoms. The molecule has 136 valence electrons. The molecular weight excluding hydrogens is 332 g/mol. The minimum Gasteiger partial charge on any atom is -0.508 e. The molecule has 26 heavy (non-hydrogen) atoms. The van der Waals surface area contributed by atoms with Crippen LogP contribution in [0.4, 0.5) is 0 Å². The third-order valence-electron chi connectivity index (χ3n) is 5.81. The average Bonchev–Trinajstić information content (AvgIpc) is 3.56. The van der Waals surface area contributed by atoms with Gasteiger partial charge in [-0.25, -0.2) is 0 Å². The standard InChI is InChI=1S/C21H22O5/c1-25-13-3-5-17(22)15(11-13)20(7-8-20)19(24)21(9-10-21)16-12-14(26-2)4-6-18(16)23/h3-6,11-12,22-23H,7-10H2,1-2H3. The molecule has 2 aliphatic carbocycles. The highest BCUT2D eigenvalue weighted by Crippen LogP contribution is 2.63. The highest BCUT2D eigenvalue weighted by Gasteiger charge is 2.64. The van der Waals surface area contributed by atoms with Gasteiger partial charge in [0.25, 0.3) is 0 Å². The van der Waals surface area contributed by atoms with Crippen molar-refractivity contribution in [3.05, 3.63) is 47.5 Å². The van der Waals surface area contributed by atoms with E-state index < -0.39 is 10.8 Å². The fourth-order valence-corrected chi connectivity index (χ4v) is 4.00. The molecule has 0 saturated heterocycles. The molecule has 0 bridgehead atoms. The third kappa shape index (κ3) is 2.34. The number of methoxy groups -OCH3 is 2. The second kappa shape index (κ2) is 5.66. The summed E-state index contributed by atoms with van der Waals surface area (Å²) in [6.45, 7) is 0. The smallest absolute Gasteiger partial charge is 0.154 e.